The minimum Gasteiger partial charge on any atom is -0.324 e. The number of nitrogens with zero attached hydrogens (tertiary/aromatic N) is 2. The molecule has 0 radical (unpaired) electrons. The molecular formula is C21H27N3O5S2. The van der Waals surface area contributed by atoms with Crippen LogP contribution in [0.15, 0.2) is 52.3 Å². The first-order chi connectivity index (χ1) is 14.5. The number of hydrogen-bond donors (Lipinski definition) is 1. The summed E-state index contributed by atoms with van der Waals surface area (Å²) < 4.78 is 51.2. The summed E-state index contributed by atoms with van der Waals surface area (Å²) >= 11 is 0. The zero-order valence-electron chi connectivity index (χ0n) is 17.8. The molecule has 1 N–H and O–H groups in total. The van der Waals surface area contributed by atoms with Crippen molar-refractivity contribution < 1.29 is 21.6 Å². The number of hydrogen-bond acceptors (Lipinski definition) is 6. The molecule has 1 fully saturated rings. The molecule has 2 aromatic rings. The highest BCUT2D eigenvalue weighted by atomic mass is 32.2. The average Bonchev–Trinajstić information content (AvgIpc) is 2.67. The van der Waals surface area contributed by atoms with E-state index in [1.807, 2.05) is 17.9 Å². The molecule has 0 bridgehead atoms. The first-order valence-corrected chi connectivity index (χ1v) is 13.2. The Hall–Kier alpha value is -2.27. The molecule has 0 atom stereocenters. The lowest BCUT2D eigenvalue weighted by Crippen LogP contribution is -2.50. The smallest absolute Gasteiger partial charge is 0.243 e. The van der Waals surface area contributed by atoms with E-state index in [2.05, 4.69) is 5.32 Å². The lowest BCUT2D eigenvalue weighted by molar-refractivity contribution is -0.117. The molecule has 3 rings (SSSR count). The molecule has 10 heteroatoms. The van der Waals surface area contributed by atoms with Crippen molar-refractivity contribution in [2.75, 3.05) is 44.3 Å². The summed E-state index contributed by atoms with van der Waals surface area (Å²) in [5.74, 6) is -0.346. The number of carbonyl (C=O) groups excluding carboxylic acids is 1. The predicted octanol–water partition coefficient (Wildman–Crippen LogP) is 1.65. The van der Waals surface area contributed by atoms with Crippen LogP contribution in [0.1, 0.15) is 11.1 Å². The summed E-state index contributed by atoms with van der Waals surface area (Å²) in [5.41, 5.74) is 1.96. The van der Waals surface area contributed by atoms with Gasteiger partial charge in [-0.2, -0.15) is 4.31 Å². The summed E-state index contributed by atoms with van der Waals surface area (Å²) in [4.78, 5) is 14.7. The number of para-hydroxylation sites is 1. The first kappa shape index (κ1) is 23.4. The molecule has 1 aliphatic rings. The van der Waals surface area contributed by atoms with Crippen LogP contribution in [0.2, 0.25) is 0 Å². The van der Waals surface area contributed by atoms with E-state index >= 15 is 0 Å². The molecule has 1 saturated heterocycles. The molecule has 1 heterocycles. The molecule has 1 aliphatic heterocycles. The molecule has 8 nitrogen and oxygen atoms in total. The Bertz CT molecular complexity index is 1190. The van der Waals surface area contributed by atoms with Gasteiger partial charge in [-0.1, -0.05) is 29.8 Å². The zero-order valence-corrected chi connectivity index (χ0v) is 19.5. The van der Waals surface area contributed by atoms with Crippen LogP contribution in [0.3, 0.4) is 0 Å². The second-order valence-corrected chi connectivity index (χ2v) is 11.7. The fourth-order valence-electron chi connectivity index (χ4n) is 3.64. The minimum atomic E-state index is -3.59. The summed E-state index contributed by atoms with van der Waals surface area (Å²) in [7, 11) is -7.06. The van der Waals surface area contributed by atoms with Gasteiger partial charge in [0.2, 0.25) is 15.9 Å². The van der Waals surface area contributed by atoms with Crippen LogP contribution in [0.5, 0.6) is 0 Å². The number of anilines is 1. The van der Waals surface area contributed by atoms with Gasteiger partial charge in [0, 0.05) is 32.4 Å². The molecule has 0 spiro atoms. The van der Waals surface area contributed by atoms with E-state index in [1.165, 1.54) is 10.4 Å². The molecule has 0 aliphatic carbocycles. The summed E-state index contributed by atoms with van der Waals surface area (Å²) in [6, 6.07) is 11.5. The average molecular weight is 466 g/mol. The third-order valence-corrected chi connectivity index (χ3v) is 8.42. The maximum absolute atomic E-state index is 13.0. The maximum Gasteiger partial charge on any atom is 0.243 e. The minimum absolute atomic E-state index is 0.0511. The third kappa shape index (κ3) is 5.51. The number of sulfonamides is 1. The summed E-state index contributed by atoms with van der Waals surface area (Å²) in [6.07, 6.45) is 1.09. The molecule has 0 saturated carbocycles. The van der Waals surface area contributed by atoms with Crippen LogP contribution in [-0.4, -0.2) is 70.9 Å². The molecule has 0 unspecified atom stereocenters. The van der Waals surface area contributed by atoms with Crippen LogP contribution in [0.4, 0.5) is 5.69 Å². The first-order valence-electron chi connectivity index (χ1n) is 9.87. The van der Waals surface area contributed by atoms with Gasteiger partial charge < -0.3 is 5.32 Å². The Morgan fingerprint density at radius 3 is 2.19 bits per heavy atom. The van der Waals surface area contributed by atoms with Crippen molar-refractivity contribution in [3.8, 4) is 0 Å². The van der Waals surface area contributed by atoms with E-state index in [-0.39, 0.29) is 36.1 Å². The van der Waals surface area contributed by atoms with E-state index in [1.54, 1.807) is 37.3 Å². The van der Waals surface area contributed by atoms with E-state index in [9.17, 15) is 21.6 Å². The number of nitrogens with one attached hydrogen (secondary N) is 1. The predicted molar refractivity (Wildman–Crippen MR) is 119 cm³/mol. The van der Waals surface area contributed by atoms with Crippen molar-refractivity contribution in [3.63, 3.8) is 0 Å². The van der Waals surface area contributed by atoms with E-state index in [4.69, 9.17) is 0 Å². The number of aryl methyl sites for hydroxylation is 2. The van der Waals surface area contributed by atoms with Gasteiger partial charge in [0.05, 0.1) is 22.0 Å². The number of benzene rings is 2. The number of piperazine rings is 1. The van der Waals surface area contributed by atoms with Crippen molar-refractivity contribution in [2.24, 2.45) is 0 Å². The van der Waals surface area contributed by atoms with Gasteiger partial charge in [0.15, 0.2) is 9.84 Å². The normalized spacial score (nSPS) is 16.2. The van der Waals surface area contributed by atoms with Gasteiger partial charge in [-0.25, -0.2) is 16.8 Å². The lowest BCUT2D eigenvalue weighted by Gasteiger charge is -2.33. The maximum atomic E-state index is 13.0. The van der Waals surface area contributed by atoms with Gasteiger partial charge in [-0.3, -0.25) is 9.69 Å². The Balaban J connectivity index is 1.61. The molecule has 1 amide bonds. The van der Waals surface area contributed by atoms with Crippen molar-refractivity contribution in [1.29, 1.82) is 0 Å². The van der Waals surface area contributed by atoms with Gasteiger partial charge in [-0.15, -0.1) is 0 Å². The molecule has 31 heavy (non-hydrogen) atoms. The van der Waals surface area contributed by atoms with Crippen molar-refractivity contribution in [2.45, 2.75) is 23.6 Å². The van der Waals surface area contributed by atoms with Crippen LogP contribution in [0, 0.1) is 13.8 Å². The SMILES string of the molecule is Cc1ccc(S(=O)(=O)N2CCN(CC(=O)Nc3ccccc3S(C)(=O)=O)CC2)c(C)c1. The van der Waals surface area contributed by atoms with Crippen molar-refractivity contribution in [1.82, 2.24) is 9.21 Å². The lowest BCUT2D eigenvalue weighted by atomic mass is 10.2. The van der Waals surface area contributed by atoms with E-state index in [0.717, 1.165) is 11.8 Å². The number of amides is 1. The van der Waals surface area contributed by atoms with Gasteiger partial charge >= 0.3 is 0 Å². The Labute approximate surface area is 183 Å². The van der Waals surface area contributed by atoms with Crippen LogP contribution < -0.4 is 5.32 Å². The number of sulfone groups is 1. The fraction of sp³-hybridized carbons (Fsp3) is 0.381. The zero-order chi connectivity index (χ0) is 22.8. The topological polar surface area (TPSA) is 104 Å². The standard InChI is InChI=1S/C21H27N3O5S2/c1-16-8-9-19(17(2)14-16)31(28,29)24-12-10-23(11-13-24)15-21(25)22-18-6-4-5-7-20(18)30(3,26)27/h4-9,14H,10-13,15H2,1-3H3,(H,22,25). The van der Waals surface area contributed by atoms with E-state index in [0.29, 0.717) is 23.5 Å². The molecule has 168 valence electrons. The molecule has 2 aromatic carbocycles. The summed E-state index contributed by atoms with van der Waals surface area (Å²) in [6.45, 7) is 5.13. The fourth-order valence-corrected chi connectivity index (χ4v) is 6.11. The van der Waals surface area contributed by atoms with Gasteiger partial charge in [0.25, 0.3) is 0 Å². The number of rotatable bonds is 6. The van der Waals surface area contributed by atoms with Crippen molar-refractivity contribution >= 4 is 31.5 Å². The molecule has 0 aromatic heterocycles. The van der Waals surface area contributed by atoms with Crippen LogP contribution in [-0.2, 0) is 24.7 Å². The van der Waals surface area contributed by atoms with Gasteiger partial charge in [-0.05, 0) is 37.6 Å². The third-order valence-electron chi connectivity index (χ3n) is 5.21. The Morgan fingerprint density at radius 2 is 1.58 bits per heavy atom. The Kier molecular flexibility index (Phi) is 6.85. The monoisotopic (exact) mass is 465 g/mol. The number of carbonyl (C=O) groups is 1. The largest absolute Gasteiger partial charge is 0.324 e. The van der Waals surface area contributed by atoms with Crippen LogP contribution in [0.25, 0.3) is 0 Å². The molecular weight excluding hydrogens is 438 g/mol. The highest BCUT2D eigenvalue weighted by Crippen LogP contribution is 2.23. The summed E-state index contributed by atoms with van der Waals surface area (Å²) in [5, 5.41) is 2.65. The van der Waals surface area contributed by atoms with E-state index < -0.39 is 19.9 Å². The van der Waals surface area contributed by atoms with Crippen molar-refractivity contribution in [3.05, 3.63) is 53.6 Å². The highest BCUT2D eigenvalue weighted by molar-refractivity contribution is 7.91. The Morgan fingerprint density at radius 1 is 0.935 bits per heavy atom. The second-order valence-electron chi connectivity index (χ2n) is 7.77. The quantitative estimate of drug-likeness (QED) is 0.696. The highest BCUT2D eigenvalue weighted by Gasteiger charge is 2.30. The second kappa shape index (κ2) is 9.07. The van der Waals surface area contributed by atoms with Crippen LogP contribution >= 0.6 is 0 Å². The van der Waals surface area contributed by atoms with Gasteiger partial charge in [0.1, 0.15) is 0 Å².